The minimum atomic E-state index is 0.181. The van der Waals surface area contributed by atoms with Crippen LogP contribution in [0.1, 0.15) is 24.8 Å². The zero-order valence-corrected chi connectivity index (χ0v) is 13.2. The second-order valence-corrected chi connectivity index (χ2v) is 6.86. The molecule has 120 valence electrons. The van der Waals surface area contributed by atoms with E-state index in [4.69, 9.17) is 10.5 Å². The Morgan fingerprint density at radius 2 is 2.04 bits per heavy atom. The van der Waals surface area contributed by atoms with E-state index in [1.54, 1.807) is 0 Å². The molecule has 4 heteroatoms. The third-order valence-electron chi connectivity index (χ3n) is 4.84. The van der Waals surface area contributed by atoms with Crippen molar-refractivity contribution in [1.29, 1.82) is 0 Å². The molecule has 0 aromatic heterocycles. The molecule has 0 bridgehead atoms. The summed E-state index contributed by atoms with van der Waals surface area (Å²) in [5, 5.41) is 5.41. The maximum atomic E-state index is 11.9. The average Bonchev–Trinajstić information content (AvgIpc) is 3.36. The number of amides is 1. The number of benzene rings is 2. The van der Waals surface area contributed by atoms with Crippen LogP contribution in [-0.2, 0) is 11.2 Å². The van der Waals surface area contributed by atoms with Crippen LogP contribution in [0.15, 0.2) is 30.3 Å². The fraction of sp³-hybridized carbons (Fsp3) is 0.421. The van der Waals surface area contributed by atoms with Crippen LogP contribution in [0.4, 0.5) is 5.69 Å². The molecule has 1 heterocycles. The number of carbonyl (C=O) groups is 1. The molecule has 1 aliphatic carbocycles. The van der Waals surface area contributed by atoms with Gasteiger partial charge in [-0.25, -0.2) is 0 Å². The number of carbonyl (C=O) groups excluding carboxylic acids is 1. The Bertz CT molecular complexity index is 752. The number of hydrogen-bond donors (Lipinski definition) is 2. The maximum absolute atomic E-state index is 11.9. The lowest BCUT2D eigenvalue weighted by molar-refractivity contribution is -0.121. The van der Waals surface area contributed by atoms with Gasteiger partial charge in [-0.3, -0.25) is 4.79 Å². The zero-order valence-electron chi connectivity index (χ0n) is 13.2. The van der Waals surface area contributed by atoms with Crippen molar-refractivity contribution in [3.63, 3.8) is 0 Å². The summed E-state index contributed by atoms with van der Waals surface area (Å²) in [5.74, 6) is 2.08. The standard InChI is InChI=1S/C19H22N2O2/c20-15-5-3-14-4-6-18-17(16(14)9-15)7-13(11-23-18)10-21-19(22)8-12-1-2-12/h3-6,9,12-13H,1-2,7-8,10-11,20H2,(H,21,22). The largest absolute Gasteiger partial charge is 0.493 e. The van der Waals surface area contributed by atoms with Gasteiger partial charge in [0.2, 0.25) is 5.91 Å². The Kier molecular flexibility index (Phi) is 3.60. The highest BCUT2D eigenvalue weighted by atomic mass is 16.5. The number of nitrogens with two attached hydrogens (primary N) is 1. The van der Waals surface area contributed by atoms with Crippen LogP contribution < -0.4 is 15.8 Å². The van der Waals surface area contributed by atoms with Crippen LogP contribution in [0, 0.1) is 11.8 Å². The lowest BCUT2D eigenvalue weighted by Crippen LogP contribution is -2.35. The summed E-state index contributed by atoms with van der Waals surface area (Å²) < 4.78 is 5.92. The molecule has 3 N–H and O–H groups in total. The maximum Gasteiger partial charge on any atom is 0.220 e. The summed E-state index contributed by atoms with van der Waals surface area (Å²) in [6, 6.07) is 10.1. The van der Waals surface area contributed by atoms with Crippen molar-refractivity contribution >= 4 is 22.4 Å². The van der Waals surface area contributed by atoms with Crippen molar-refractivity contribution in [2.24, 2.45) is 11.8 Å². The first-order valence-corrected chi connectivity index (χ1v) is 8.39. The van der Waals surface area contributed by atoms with Crippen LogP contribution >= 0.6 is 0 Å². The molecule has 2 aliphatic rings. The van der Waals surface area contributed by atoms with Gasteiger partial charge in [0, 0.05) is 30.1 Å². The van der Waals surface area contributed by atoms with Crippen LogP contribution in [0.5, 0.6) is 5.75 Å². The molecule has 1 fully saturated rings. The molecule has 2 aromatic rings. The lowest BCUT2D eigenvalue weighted by Gasteiger charge is -2.26. The SMILES string of the molecule is Nc1ccc2ccc3c(c2c1)CC(CNC(=O)CC1CC1)CO3. The quantitative estimate of drug-likeness (QED) is 0.854. The van der Waals surface area contributed by atoms with Crippen molar-refractivity contribution in [2.45, 2.75) is 25.7 Å². The van der Waals surface area contributed by atoms with Gasteiger partial charge in [0.15, 0.2) is 0 Å². The van der Waals surface area contributed by atoms with Crippen molar-refractivity contribution < 1.29 is 9.53 Å². The number of nitrogens with one attached hydrogen (secondary N) is 1. The highest BCUT2D eigenvalue weighted by molar-refractivity contribution is 5.90. The van der Waals surface area contributed by atoms with Gasteiger partial charge in [-0.05, 0) is 54.2 Å². The number of fused-ring (bicyclic) bond motifs is 3. The molecular formula is C19H22N2O2. The van der Waals surface area contributed by atoms with Crippen LogP contribution in [-0.4, -0.2) is 19.1 Å². The fourth-order valence-corrected chi connectivity index (χ4v) is 3.33. The van der Waals surface area contributed by atoms with Gasteiger partial charge in [0.1, 0.15) is 5.75 Å². The Morgan fingerprint density at radius 1 is 1.22 bits per heavy atom. The van der Waals surface area contributed by atoms with Gasteiger partial charge in [0.25, 0.3) is 0 Å². The zero-order chi connectivity index (χ0) is 15.8. The molecule has 0 saturated heterocycles. The predicted molar refractivity (Wildman–Crippen MR) is 91.4 cm³/mol. The summed E-state index contributed by atoms with van der Waals surface area (Å²) >= 11 is 0. The number of ether oxygens (including phenoxy) is 1. The van der Waals surface area contributed by atoms with E-state index in [2.05, 4.69) is 11.4 Å². The molecule has 4 nitrogen and oxygen atoms in total. The second kappa shape index (κ2) is 5.76. The molecule has 0 radical (unpaired) electrons. The molecule has 1 unspecified atom stereocenters. The van der Waals surface area contributed by atoms with Gasteiger partial charge in [-0.15, -0.1) is 0 Å². The van der Waals surface area contributed by atoms with Crippen molar-refractivity contribution in [3.05, 3.63) is 35.9 Å². The van der Waals surface area contributed by atoms with Crippen LogP contribution in [0.2, 0.25) is 0 Å². The summed E-state index contributed by atoms with van der Waals surface area (Å²) in [7, 11) is 0. The topological polar surface area (TPSA) is 64.3 Å². The van der Waals surface area contributed by atoms with E-state index in [1.165, 1.54) is 23.8 Å². The Hall–Kier alpha value is -2.23. The van der Waals surface area contributed by atoms with E-state index in [1.807, 2.05) is 24.3 Å². The van der Waals surface area contributed by atoms with E-state index in [0.717, 1.165) is 23.2 Å². The van der Waals surface area contributed by atoms with Crippen LogP contribution in [0.3, 0.4) is 0 Å². The van der Waals surface area contributed by atoms with E-state index in [0.29, 0.717) is 31.4 Å². The summed E-state index contributed by atoms with van der Waals surface area (Å²) in [5.41, 5.74) is 7.92. The smallest absolute Gasteiger partial charge is 0.220 e. The molecule has 0 spiro atoms. The monoisotopic (exact) mass is 310 g/mol. The average molecular weight is 310 g/mol. The van der Waals surface area contributed by atoms with Gasteiger partial charge in [0.05, 0.1) is 6.61 Å². The lowest BCUT2D eigenvalue weighted by atomic mass is 9.92. The molecule has 1 amide bonds. The number of anilines is 1. The fourth-order valence-electron chi connectivity index (χ4n) is 3.33. The van der Waals surface area contributed by atoms with Gasteiger partial charge in [-0.1, -0.05) is 12.1 Å². The number of nitrogen functional groups attached to an aromatic ring is 1. The van der Waals surface area contributed by atoms with E-state index < -0.39 is 0 Å². The van der Waals surface area contributed by atoms with Crippen molar-refractivity contribution in [3.8, 4) is 5.75 Å². The first-order valence-electron chi connectivity index (χ1n) is 8.39. The number of hydrogen-bond acceptors (Lipinski definition) is 3. The molecule has 2 aromatic carbocycles. The first-order chi connectivity index (χ1) is 11.2. The van der Waals surface area contributed by atoms with Crippen molar-refractivity contribution in [1.82, 2.24) is 5.32 Å². The predicted octanol–water partition coefficient (Wildman–Crippen LogP) is 2.89. The third kappa shape index (κ3) is 3.11. The molecule has 23 heavy (non-hydrogen) atoms. The summed E-state index contributed by atoms with van der Waals surface area (Å²) in [6.07, 6.45) is 4.02. The molecule has 4 rings (SSSR count). The Balaban J connectivity index is 1.48. The Labute approximate surface area is 136 Å². The molecule has 1 saturated carbocycles. The van der Waals surface area contributed by atoms with Crippen LogP contribution in [0.25, 0.3) is 10.8 Å². The highest BCUT2D eigenvalue weighted by Gasteiger charge is 2.26. The number of rotatable bonds is 4. The summed E-state index contributed by atoms with van der Waals surface area (Å²) in [4.78, 5) is 11.9. The second-order valence-electron chi connectivity index (χ2n) is 6.86. The van der Waals surface area contributed by atoms with E-state index in [-0.39, 0.29) is 5.91 Å². The molecular weight excluding hydrogens is 288 g/mol. The van der Waals surface area contributed by atoms with Gasteiger partial charge < -0.3 is 15.8 Å². The minimum Gasteiger partial charge on any atom is -0.493 e. The normalized spacial score (nSPS) is 19.9. The van der Waals surface area contributed by atoms with E-state index >= 15 is 0 Å². The van der Waals surface area contributed by atoms with Gasteiger partial charge in [-0.2, -0.15) is 0 Å². The molecule has 1 atom stereocenters. The first kappa shape index (κ1) is 14.4. The third-order valence-corrected chi connectivity index (χ3v) is 4.84. The Morgan fingerprint density at radius 3 is 2.87 bits per heavy atom. The summed E-state index contributed by atoms with van der Waals surface area (Å²) in [6.45, 7) is 1.34. The minimum absolute atomic E-state index is 0.181. The van der Waals surface area contributed by atoms with Gasteiger partial charge >= 0.3 is 0 Å². The molecule has 1 aliphatic heterocycles. The van der Waals surface area contributed by atoms with E-state index in [9.17, 15) is 4.79 Å². The highest BCUT2D eigenvalue weighted by Crippen LogP contribution is 2.35. The van der Waals surface area contributed by atoms with Crippen molar-refractivity contribution in [2.75, 3.05) is 18.9 Å².